The van der Waals surface area contributed by atoms with E-state index in [9.17, 15) is 4.79 Å². The van der Waals surface area contributed by atoms with Crippen molar-refractivity contribution in [1.82, 2.24) is 14.6 Å². The van der Waals surface area contributed by atoms with Gasteiger partial charge in [0.15, 0.2) is 0 Å². The van der Waals surface area contributed by atoms with Gasteiger partial charge in [0.05, 0.1) is 0 Å². The normalized spacial score (nSPS) is 18.7. The van der Waals surface area contributed by atoms with Gasteiger partial charge in [-0.25, -0.2) is 9.10 Å². The van der Waals surface area contributed by atoms with Gasteiger partial charge in [-0.2, -0.15) is 0 Å². The summed E-state index contributed by atoms with van der Waals surface area (Å²) in [4.78, 5) is 17.2. The first-order valence-electron chi connectivity index (χ1n) is 8.15. The van der Waals surface area contributed by atoms with Crippen molar-refractivity contribution in [2.45, 2.75) is 43.7 Å². The lowest BCUT2D eigenvalue weighted by molar-refractivity contribution is 0.0507. The highest BCUT2D eigenvalue weighted by Gasteiger charge is 2.26. The molecule has 1 aliphatic heterocycles. The summed E-state index contributed by atoms with van der Waals surface area (Å²) in [6, 6.07) is 8.55. The molecule has 1 aromatic heterocycles. The fraction of sp³-hybridized carbons (Fsp3) is 0.444. The molecule has 1 aliphatic rings. The fourth-order valence-electron chi connectivity index (χ4n) is 2.67. The standard InChI is InChI=1S/C18H23N3O2S/c1-18(2,3)23-17(22)20-15-7-9-21(12-15)24-16-5-4-14-11-19-8-6-13(14)10-16/h4-6,8,10-11,15H,7,9,12H2,1-3H3,(H,20,22)/t15-/m0/s1. The summed E-state index contributed by atoms with van der Waals surface area (Å²) in [7, 11) is 0. The van der Waals surface area contributed by atoms with Gasteiger partial charge in [-0.1, -0.05) is 6.07 Å². The van der Waals surface area contributed by atoms with E-state index in [1.807, 2.05) is 39.2 Å². The Balaban J connectivity index is 1.54. The molecule has 1 aromatic carbocycles. The number of nitrogens with zero attached hydrogens (tertiary/aromatic N) is 2. The van der Waals surface area contributed by atoms with Crippen molar-refractivity contribution >= 4 is 28.8 Å². The Bertz CT molecular complexity index is 730. The topological polar surface area (TPSA) is 54.5 Å². The van der Waals surface area contributed by atoms with Crippen molar-refractivity contribution in [2.75, 3.05) is 13.1 Å². The van der Waals surface area contributed by atoms with Crippen molar-refractivity contribution in [2.24, 2.45) is 0 Å². The zero-order chi connectivity index (χ0) is 17.2. The Labute approximate surface area is 146 Å². The van der Waals surface area contributed by atoms with E-state index in [0.29, 0.717) is 0 Å². The third-order valence-electron chi connectivity index (χ3n) is 3.72. The number of ether oxygens (including phenoxy) is 1. The first-order chi connectivity index (χ1) is 11.4. The average Bonchev–Trinajstić information content (AvgIpc) is 2.92. The molecule has 0 aliphatic carbocycles. The van der Waals surface area contributed by atoms with Gasteiger partial charge in [0.2, 0.25) is 0 Å². The molecule has 3 rings (SSSR count). The third-order valence-corrected chi connectivity index (χ3v) is 4.77. The van der Waals surface area contributed by atoms with E-state index >= 15 is 0 Å². The smallest absolute Gasteiger partial charge is 0.407 e. The number of hydrogen-bond acceptors (Lipinski definition) is 5. The molecule has 128 valence electrons. The summed E-state index contributed by atoms with van der Waals surface area (Å²) in [5.41, 5.74) is -0.461. The molecule has 24 heavy (non-hydrogen) atoms. The third kappa shape index (κ3) is 4.61. The van der Waals surface area contributed by atoms with Crippen LogP contribution in [0.2, 0.25) is 0 Å². The molecular weight excluding hydrogens is 322 g/mol. The summed E-state index contributed by atoms with van der Waals surface area (Å²) < 4.78 is 7.60. The molecule has 1 N–H and O–H groups in total. The number of aromatic nitrogens is 1. The van der Waals surface area contributed by atoms with Crippen LogP contribution in [0.1, 0.15) is 27.2 Å². The van der Waals surface area contributed by atoms with Crippen LogP contribution in [0.15, 0.2) is 41.6 Å². The second kappa shape index (κ2) is 6.99. The molecule has 0 spiro atoms. The molecule has 6 heteroatoms. The van der Waals surface area contributed by atoms with E-state index in [4.69, 9.17) is 4.74 Å². The van der Waals surface area contributed by atoms with Crippen molar-refractivity contribution in [3.8, 4) is 0 Å². The Morgan fingerprint density at radius 1 is 1.33 bits per heavy atom. The Kier molecular flexibility index (Phi) is 4.96. The van der Waals surface area contributed by atoms with Gasteiger partial charge < -0.3 is 10.1 Å². The van der Waals surface area contributed by atoms with Gasteiger partial charge in [-0.05, 0) is 62.7 Å². The lowest BCUT2D eigenvalue weighted by Gasteiger charge is -2.22. The van der Waals surface area contributed by atoms with Gasteiger partial charge in [0.25, 0.3) is 0 Å². The van der Waals surface area contributed by atoms with Gasteiger partial charge >= 0.3 is 6.09 Å². The maximum atomic E-state index is 11.9. The molecule has 2 aromatic rings. The zero-order valence-electron chi connectivity index (χ0n) is 14.3. The van der Waals surface area contributed by atoms with Crippen LogP contribution in [0, 0.1) is 0 Å². The van der Waals surface area contributed by atoms with Gasteiger partial charge in [0, 0.05) is 41.8 Å². The summed E-state index contributed by atoms with van der Waals surface area (Å²) >= 11 is 1.73. The molecular formula is C18H23N3O2S. The van der Waals surface area contributed by atoms with Crippen LogP contribution in [0.5, 0.6) is 0 Å². The van der Waals surface area contributed by atoms with Crippen LogP contribution < -0.4 is 5.32 Å². The monoisotopic (exact) mass is 345 g/mol. The Morgan fingerprint density at radius 2 is 2.17 bits per heavy atom. The minimum atomic E-state index is -0.461. The van der Waals surface area contributed by atoms with Gasteiger partial charge in [-0.3, -0.25) is 4.98 Å². The summed E-state index contributed by atoms with van der Waals surface area (Å²) in [5.74, 6) is 0. The number of pyridine rings is 1. The molecule has 1 saturated heterocycles. The second-order valence-electron chi connectivity index (χ2n) is 7.00. The Morgan fingerprint density at radius 3 is 2.96 bits per heavy atom. The number of rotatable bonds is 3. The zero-order valence-corrected chi connectivity index (χ0v) is 15.1. The van der Waals surface area contributed by atoms with E-state index < -0.39 is 5.60 Å². The predicted molar refractivity (Wildman–Crippen MR) is 96.9 cm³/mol. The van der Waals surface area contributed by atoms with Gasteiger partial charge in [-0.15, -0.1) is 0 Å². The minimum Gasteiger partial charge on any atom is -0.444 e. The second-order valence-corrected chi connectivity index (χ2v) is 8.17. The fourth-order valence-corrected chi connectivity index (χ4v) is 3.73. The van der Waals surface area contributed by atoms with E-state index in [2.05, 4.69) is 32.8 Å². The van der Waals surface area contributed by atoms with Crippen molar-refractivity contribution in [3.63, 3.8) is 0 Å². The Hall–Kier alpha value is -1.79. The summed E-state index contributed by atoms with van der Waals surface area (Å²) in [5, 5.41) is 5.29. The molecule has 2 heterocycles. The van der Waals surface area contributed by atoms with Gasteiger partial charge in [0.1, 0.15) is 5.60 Å². The van der Waals surface area contributed by atoms with Crippen molar-refractivity contribution < 1.29 is 9.53 Å². The minimum absolute atomic E-state index is 0.136. The number of alkyl carbamates (subject to hydrolysis) is 1. The SMILES string of the molecule is CC(C)(C)OC(=O)N[C@H]1CCN(Sc2ccc3cnccc3c2)C1. The van der Waals surface area contributed by atoms with Crippen molar-refractivity contribution in [1.29, 1.82) is 0 Å². The van der Waals surface area contributed by atoms with Crippen LogP contribution in [-0.4, -0.2) is 40.1 Å². The number of benzene rings is 1. The van der Waals surface area contributed by atoms with E-state index in [0.717, 1.165) is 24.9 Å². The number of hydrogen-bond donors (Lipinski definition) is 1. The largest absolute Gasteiger partial charge is 0.444 e. The molecule has 5 nitrogen and oxygen atoms in total. The quantitative estimate of drug-likeness (QED) is 0.857. The van der Waals surface area contributed by atoms with E-state index in [1.54, 1.807) is 11.9 Å². The molecule has 1 amide bonds. The number of amides is 1. The van der Waals surface area contributed by atoms with Crippen LogP contribution >= 0.6 is 11.9 Å². The lowest BCUT2D eigenvalue weighted by Crippen LogP contribution is -2.40. The summed E-state index contributed by atoms with van der Waals surface area (Å²) in [6.07, 6.45) is 4.29. The van der Waals surface area contributed by atoms with E-state index in [-0.39, 0.29) is 12.1 Å². The highest BCUT2D eigenvalue weighted by atomic mass is 32.2. The van der Waals surface area contributed by atoms with Crippen LogP contribution in [0.4, 0.5) is 4.79 Å². The first-order valence-corrected chi connectivity index (χ1v) is 8.93. The number of nitrogens with one attached hydrogen (secondary N) is 1. The maximum Gasteiger partial charge on any atom is 0.407 e. The number of carbonyl (C=O) groups excluding carboxylic acids is 1. The number of carbonyl (C=O) groups is 1. The molecule has 1 fully saturated rings. The first kappa shape index (κ1) is 17.0. The van der Waals surface area contributed by atoms with E-state index in [1.165, 1.54) is 10.3 Å². The average molecular weight is 345 g/mol. The highest BCUT2D eigenvalue weighted by Crippen LogP contribution is 2.29. The molecule has 0 unspecified atom stereocenters. The van der Waals surface area contributed by atoms with Crippen LogP contribution in [0.3, 0.4) is 0 Å². The lowest BCUT2D eigenvalue weighted by atomic mass is 10.2. The molecule has 0 bridgehead atoms. The highest BCUT2D eigenvalue weighted by molar-refractivity contribution is 7.97. The maximum absolute atomic E-state index is 11.9. The number of fused-ring (bicyclic) bond motifs is 1. The molecule has 0 saturated carbocycles. The molecule has 0 radical (unpaired) electrons. The van der Waals surface area contributed by atoms with Crippen LogP contribution in [-0.2, 0) is 4.74 Å². The van der Waals surface area contributed by atoms with Crippen molar-refractivity contribution in [3.05, 3.63) is 36.7 Å². The predicted octanol–water partition coefficient (Wildman–Crippen LogP) is 3.84. The molecule has 1 atom stereocenters. The van der Waals surface area contributed by atoms with Crippen LogP contribution in [0.25, 0.3) is 10.8 Å². The summed E-state index contributed by atoms with van der Waals surface area (Å²) in [6.45, 7) is 7.38.